The number of halogens is 2. The van der Waals surface area contributed by atoms with Crippen molar-refractivity contribution in [2.24, 2.45) is 0 Å². The Morgan fingerprint density at radius 3 is 2.88 bits per heavy atom. The van der Waals surface area contributed by atoms with E-state index in [0.29, 0.717) is 32.8 Å². The molecule has 3 rings (SSSR count). The van der Waals surface area contributed by atoms with Crippen molar-refractivity contribution in [2.75, 3.05) is 5.32 Å². The van der Waals surface area contributed by atoms with E-state index in [-0.39, 0.29) is 11.2 Å². The average molecular weight is 382 g/mol. The number of anilines is 1. The van der Waals surface area contributed by atoms with Gasteiger partial charge in [-0.3, -0.25) is 4.79 Å². The molecule has 6 nitrogen and oxygen atoms in total. The lowest BCUT2D eigenvalue weighted by atomic mass is 10.2. The predicted octanol–water partition coefficient (Wildman–Crippen LogP) is 4.17. The second kappa shape index (κ2) is 7.38. The molecular formula is C15H13Cl2N5OS. The summed E-state index contributed by atoms with van der Waals surface area (Å²) in [6, 6.07) is 4.98. The van der Waals surface area contributed by atoms with Crippen molar-refractivity contribution >= 4 is 57.7 Å². The summed E-state index contributed by atoms with van der Waals surface area (Å²) in [4.78, 5) is 28.0. The lowest BCUT2D eigenvalue weighted by Crippen LogP contribution is -2.24. The number of aromatic amines is 1. The Kier molecular flexibility index (Phi) is 5.23. The van der Waals surface area contributed by atoms with Crippen LogP contribution in [0.4, 0.5) is 5.69 Å². The third-order valence-electron chi connectivity index (χ3n) is 3.29. The third-order valence-corrected chi connectivity index (χ3v) is 5.40. The smallest absolute Gasteiger partial charge is 0.237 e. The maximum absolute atomic E-state index is 12.5. The zero-order chi connectivity index (χ0) is 17.1. The lowest BCUT2D eigenvalue weighted by molar-refractivity contribution is -0.115. The summed E-state index contributed by atoms with van der Waals surface area (Å²) in [5, 5.41) is 4.06. The molecule has 1 aromatic carbocycles. The van der Waals surface area contributed by atoms with Crippen molar-refractivity contribution in [1.82, 2.24) is 19.9 Å². The van der Waals surface area contributed by atoms with E-state index in [9.17, 15) is 4.79 Å². The first-order chi connectivity index (χ1) is 11.6. The van der Waals surface area contributed by atoms with Gasteiger partial charge in [0.05, 0.1) is 21.6 Å². The molecule has 24 heavy (non-hydrogen) atoms. The molecule has 0 aliphatic rings. The monoisotopic (exact) mass is 381 g/mol. The van der Waals surface area contributed by atoms with Crippen LogP contribution >= 0.6 is 35.0 Å². The van der Waals surface area contributed by atoms with Crippen molar-refractivity contribution in [3.63, 3.8) is 0 Å². The van der Waals surface area contributed by atoms with Gasteiger partial charge in [-0.25, -0.2) is 15.0 Å². The minimum absolute atomic E-state index is 0.132. The fourth-order valence-electron chi connectivity index (χ4n) is 2.09. The number of nitrogens with zero attached hydrogens (tertiary/aromatic N) is 3. The van der Waals surface area contributed by atoms with Crippen LogP contribution in [-0.2, 0) is 4.79 Å². The number of thioether (sulfide) groups is 1. The fraction of sp³-hybridized carbons (Fsp3) is 0.200. The summed E-state index contributed by atoms with van der Waals surface area (Å²) >= 11 is 13.2. The van der Waals surface area contributed by atoms with E-state index in [2.05, 4.69) is 25.3 Å². The largest absolute Gasteiger partial charge is 0.341 e. The van der Waals surface area contributed by atoms with Gasteiger partial charge in [-0.15, -0.1) is 0 Å². The van der Waals surface area contributed by atoms with Gasteiger partial charge in [0.25, 0.3) is 0 Å². The van der Waals surface area contributed by atoms with Crippen LogP contribution in [-0.4, -0.2) is 31.1 Å². The summed E-state index contributed by atoms with van der Waals surface area (Å²) < 4.78 is 0. The quantitative estimate of drug-likeness (QED) is 0.511. The number of carbonyl (C=O) groups excluding carboxylic acids is 1. The van der Waals surface area contributed by atoms with Gasteiger partial charge in [0.2, 0.25) is 5.91 Å². The summed E-state index contributed by atoms with van der Waals surface area (Å²) in [6.07, 6.45) is 3.63. The molecular weight excluding hydrogens is 369 g/mol. The number of hydrogen-bond acceptors (Lipinski definition) is 5. The highest BCUT2D eigenvalue weighted by atomic mass is 35.5. The molecule has 0 spiro atoms. The molecule has 0 aliphatic carbocycles. The van der Waals surface area contributed by atoms with Crippen molar-refractivity contribution < 1.29 is 4.79 Å². The van der Waals surface area contributed by atoms with Crippen molar-refractivity contribution in [2.45, 2.75) is 23.6 Å². The lowest BCUT2D eigenvalue weighted by Gasteiger charge is -2.14. The zero-order valence-electron chi connectivity index (χ0n) is 12.6. The van der Waals surface area contributed by atoms with Crippen LogP contribution in [0.3, 0.4) is 0 Å². The van der Waals surface area contributed by atoms with Crippen LogP contribution in [0.5, 0.6) is 0 Å². The third kappa shape index (κ3) is 3.63. The van der Waals surface area contributed by atoms with Gasteiger partial charge in [0, 0.05) is 5.69 Å². The summed E-state index contributed by atoms with van der Waals surface area (Å²) in [5.74, 6) is -0.132. The van der Waals surface area contributed by atoms with Crippen LogP contribution in [0, 0.1) is 0 Å². The van der Waals surface area contributed by atoms with Gasteiger partial charge < -0.3 is 10.3 Å². The highest BCUT2D eigenvalue weighted by Crippen LogP contribution is 2.30. The predicted molar refractivity (Wildman–Crippen MR) is 96.7 cm³/mol. The Hall–Kier alpha value is -1.83. The standard InChI is InChI=1S/C15H13Cl2N5OS/c1-2-11(14(23)22-8-3-4-9(16)10(17)5-8)24-15-12-13(19-6-18-12)20-7-21-15/h3-7,11H,2H2,1H3,(H,22,23)(H,18,19,20,21)/t11-/m0/s1. The summed E-state index contributed by atoms with van der Waals surface area (Å²) in [5.41, 5.74) is 1.90. The number of nitrogens with one attached hydrogen (secondary N) is 2. The first kappa shape index (κ1) is 17.0. The van der Waals surface area contributed by atoms with E-state index >= 15 is 0 Å². The Morgan fingerprint density at radius 2 is 2.12 bits per heavy atom. The first-order valence-electron chi connectivity index (χ1n) is 7.15. The number of H-pyrrole nitrogens is 1. The van der Waals surface area contributed by atoms with Crippen LogP contribution in [0.1, 0.15) is 13.3 Å². The Bertz CT molecular complexity index is 885. The number of hydrogen-bond donors (Lipinski definition) is 2. The molecule has 2 N–H and O–H groups in total. The fourth-order valence-corrected chi connectivity index (χ4v) is 3.36. The van der Waals surface area contributed by atoms with Crippen LogP contribution in [0.15, 0.2) is 35.9 Å². The highest BCUT2D eigenvalue weighted by Gasteiger charge is 2.21. The second-order valence-corrected chi connectivity index (χ2v) is 6.92. The maximum atomic E-state index is 12.5. The average Bonchev–Trinajstić information content (AvgIpc) is 3.05. The van der Waals surface area contributed by atoms with E-state index in [0.717, 1.165) is 5.52 Å². The molecule has 3 aromatic rings. The molecule has 0 radical (unpaired) electrons. The molecule has 0 fully saturated rings. The van der Waals surface area contributed by atoms with Gasteiger partial charge >= 0.3 is 0 Å². The molecule has 0 bridgehead atoms. The van der Waals surface area contributed by atoms with Crippen molar-refractivity contribution in [3.8, 4) is 0 Å². The minimum atomic E-state index is -0.319. The molecule has 2 aromatic heterocycles. The molecule has 0 aliphatic heterocycles. The SMILES string of the molecule is CC[C@H](Sc1ncnc2nc[nH]c12)C(=O)Nc1ccc(Cl)c(Cl)c1. The number of fused-ring (bicyclic) bond motifs is 1. The molecule has 1 atom stereocenters. The van der Waals surface area contributed by atoms with E-state index in [4.69, 9.17) is 23.2 Å². The number of carbonyl (C=O) groups is 1. The normalized spacial score (nSPS) is 12.3. The molecule has 0 unspecified atom stereocenters. The number of amides is 1. The number of rotatable bonds is 5. The number of aromatic nitrogens is 4. The van der Waals surface area contributed by atoms with E-state index in [1.807, 2.05) is 6.92 Å². The minimum Gasteiger partial charge on any atom is -0.341 e. The first-order valence-corrected chi connectivity index (χ1v) is 8.78. The summed E-state index contributed by atoms with van der Waals surface area (Å²) in [7, 11) is 0. The Balaban J connectivity index is 1.76. The molecule has 0 saturated carbocycles. The van der Waals surface area contributed by atoms with Crippen LogP contribution in [0.2, 0.25) is 10.0 Å². The van der Waals surface area contributed by atoms with Crippen molar-refractivity contribution in [3.05, 3.63) is 40.9 Å². The van der Waals surface area contributed by atoms with E-state index in [1.54, 1.807) is 24.5 Å². The van der Waals surface area contributed by atoms with Gasteiger partial charge in [0.15, 0.2) is 5.65 Å². The summed E-state index contributed by atoms with van der Waals surface area (Å²) in [6.45, 7) is 1.94. The van der Waals surface area contributed by atoms with Gasteiger partial charge in [-0.05, 0) is 24.6 Å². The molecule has 1 amide bonds. The topological polar surface area (TPSA) is 83.6 Å². The van der Waals surface area contributed by atoms with Gasteiger partial charge in [0.1, 0.15) is 16.9 Å². The molecule has 124 valence electrons. The van der Waals surface area contributed by atoms with E-state index < -0.39 is 0 Å². The van der Waals surface area contributed by atoms with Gasteiger partial charge in [-0.2, -0.15) is 0 Å². The zero-order valence-corrected chi connectivity index (χ0v) is 14.9. The van der Waals surface area contributed by atoms with Crippen molar-refractivity contribution in [1.29, 1.82) is 0 Å². The van der Waals surface area contributed by atoms with E-state index in [1.165, 1.54) is 18.1 Å². The Morgan fingerprint density at radius 1 is 1.29 bits per heavy atom. The molecule has 9 heteroatoms. The van der Waals surface area contributed by atoms with Crippen LogP contribution in [0.25, 0.3) is 11.2 Å². The molecule has 2 heterocycles. The van der Waals surface area contributed by atoms with Gasteiger partial charge in [-0.1, -0.05) is 41.9 Å². The number of imidazole rings is 1. The van der Waals surface area contributed by atoms with Crippen LogP contribution < -0.4 is 5.32 Å². The molecule has 0 saturated heterocycles. The number of benzene rings is 1. The second-order valence-electron chi connectivity index (χ2n) is 4.91. The maximum Gasteiger partial charge on any atom is 0.237 e. The Labute approximate surface area is 152 Å². The highest BCUT2D eigenvalue weighted by molar-refractivity contribution is 8.00.